The van der Waals surface area contributed by atoms with Crippen LogP contribution in [0.4, 0.5) is 4.79 Å². The van der Waals surface area contributed by atoms with E-state index in [1.165, 1.54) is 0 Å². The third-order valence-electron chi connectivity index (χ3n) is 8.56. The van der Waals surface area contributed by atoms with Crippen LogP contribution in [0.1, 0.15) is 50.4 Å². The highest BCUT2D eigenvalue weighted by Crippen LogP contribution is 2.32. The van der Waals surface area contributed by atoms with Gasteiger partial charge in [0, 0.05) is 12.1 Å². The van der Waals surface area contributed by atoms with Crippen molar-refractivity contribution in [2.75, 3.05) is 13.1 Å². The van der Waals surface area contributed by atoms with E-state index in [0.717, 1.165) is 65.3 Å². The summed E-state index contributed by atoms with van der Waals surface area (Å²) in [7, 11) is 0. The van der Waals surface area contributed by atoms with Gasteiger partial charge in [-0.15, -0.1) is 0 Å². The third kappa shape index (κ3) is 5.48. The Kier molecular flexibility index (Phi) is 7.10. The van der Waals surface area contributed by atoms with E-state index in [-0.39, 0.29) is 30.2 Å². The molecule has 0 unspecified atom stereocenters. The van der Waals surface area contributed by atoms with E-state index in [1.807, 2.05) is 12.1 Å². The monoisotopic (exact) mass is 576 g/mol. The molecule has 218 valence electrons. The predicted molar refractivity (Wildman–Crippen MR) is 163 cm³/mol. The molecule has 5 aromatic rings. The summed E-state index contributed by atoms with van der Waals surface area (Å²) in [5, 5.41) is 5.30. The summed E-state index contributed by atoms with van der Waals surface area (Å²) < 4.78 is 5.41. The molecule has 43 heavy (non-hydrogen) atoms. The van der Waals surface area contributed by atoms with Crippen molar-refractivity contribution in [2.45, 2.75) is 50.7 Å². The molecule has 0 radical (unpaired) electrons. The van der Waals surface area contributed by atoms with Gasteiger partial charge in [0.1, 0.15) is 18.5 Å². The molecule has 10 nitrogen and oxygen atoms in total. The normalized spacial score (nSPS) is 17.1. The van der Waals surface area contributed by atoms with Crippen LogP contribution in [0.2, 0.25) is 0 Å². The molecule has 7 rings (SSSR count). The number of alkyl carbamates (subject to hydrolysis) is 1. The Morgan fingerprint density at radius 1 is 0.930 bits per heavy atom. The number of H-pyrrole nitrogens is 2. The number of rotatable bonds is 6. The van der Waals surface area contributed by atoms with Crippen LogP contribution >= 0.6 is 0 Å². The summed E-state index contributed by atoms with van der Waals surface area (Å²) in [6.07, 6.45) is 8.15. The van der Waals surface area contributed by atoms with E-state index in [4.69, 9.17) is 9.72 Å². The molecule has 2 fully saturated rings. The number of ether oxygens (including phenoxy) is 1. The molecule has 0 bridgehead atoms. The van der Waals surface area contributed by atoms with Crippen LogP contribution in [0.3, 0.4) is 0 Å². The molecule has 2 aliphatic rings. The van der Waals surface area contributed by atoms with E-state index in [2.05, 4.69) is 56.7 Å². The fourth-order valence-corrected chi connectivity index (χ4v) is 6.30. The molecule has 1 aliphatic carbocycles. The Morgan fingerprint density at radius 3 is 2.47 bits per heavy atom. The number of hydrogen-bond donors (Lipinski definition) is 3. The highest BCUT2D eigenvalue weighted by Gasteiger charge is 2.32. The van der Waals surface area contributed by atoms with Crippen molar-refractivity contribution in [3.8, 4) is 22.4 Å². The Bertz CT molecular complexity index is 1880. The number of fused-ring (bicyclic) bond motifs is 2. The summed E-state index contributed by atoms with van der Waals surface area (Å²) >= 11 is 0. The maximum atomic E-state index is 13.1. The summed E-state index contributed by atoms with van der Waals surface area (Å²) in [5.41, 5.74) is 4.32. The largest absolute Gasteiger partial charge is 0.446 e. The summed E-state index contributed by atoms with van der Waals surface area (Å²) in [6, 6.07) is 17.8. The topological polar surface area (TPSA) is 133 Å². The van der Waals surface area contributed by atoms with Crippen molar-refractivity contribution in [3.63, 3.8) is 0 Å². The zero-order valence-electron chi connectivity index (χ0n) is 23.6. The van der Waals surface area contributed by atoms with Gasteiger partial charge in [-0.3, -0.25) is 9.59 Å². The second-order valence-corrected chi connectivity index (χ2v) is 11.3. The molecular formula is C33H32N6O4. The van der Waals surface area contributed by atoms with Crippen molar-refractivity contribution in [1.29, 1.82) is 0 Å². The van der Waals surface area contributed by atoms with E-state index in [9.17, 15) is 14.4 Å². The van der Waals surface area contributed by atoms with Gasteiger partial charge in [-0.2, -0.15) is 0 Å². The van der Waals surface area contributed by atoms with Crippen molar-refractivity contribution in [2.24, 2.45) is 0 Å². The molecule has 3 N–H and O–H groups in total. The van der Waals surface area contributed by atoms with Crippen molar-refractivity contribution in [3.05, 3.63) is 83.3 Å². The van der Waals surface area contributed by atoms with Crippen molar-refractivity contribution < 1.29 is 14.3 Å². The molecule has 1 saturated carbocycles. The second kappa shape index (κ2) is 11.4. The smallest absolute Gasteiger partial charge is 0.407 e. The first kappa shape index (κ1) is 26.9. The number of aromatic nitrogens is 4. The van der Waals surface area contributed by atoms with Crippen LogP contribution in [0.5, 0.6) is 0 Å². The second-order valence-electron chi connectivity index (χ2n) is 11.3. The Labute approximate surface area is 247 Å². The summed E-state index contributed by atoms with van der Waals surface area (Å²) in [4.78, 5) is 55.0. The standard InChI is InChI=1S/C33H32N6O4/c40-30(18-35-33(42)43-25-4-1-2-5-25)39-13-3-6-29(39)31-37-27-16-23(11-12-26(27)32(41)38-31)21-7-8-22-15-24(10-9-20(22)14-21)28-17-34-19-36-28/h7-12,14-17,19,25,29H,1-6,13,18H2,(H,34,36)(H,35,42)(H,37,38,41)/t29-/m0/s1. The van der Waals surface area contributed by atoms with E-state index < -0.39 is 6.09 Å². The molecule has 2 aromatic heterocycles. The Hall–Kier alpha value is -4.99. The highest BCUT2D eigenvalue weighted by atomic mass is 16.6. The maximum absolute atomic E-state index is 13.1. The zero-order chi connectivity index (χ0) is 29.3. The highest BCUT2D eigenvalue weighted by molar-refractivity contribution is 5.92. The molecule has 1 aliphatic heterocycles. The first-order valence-corrected chi connectivity index (χ1v) is 14.8. The van der Waals surface area contributed by atoms with Crippen molar-refractivity contribution in [1.82, 2.24) is 30.2 Å². The number of carbonyl (C=O) groups excluding carboxylic acids is 2. The average Bonchev–Trinajstić information content (AvgIpc) is 3.83. The molecule has 1 saturated heterocycles. The molecule has 0 spiro atoms. The molecule has 3 heterocycles. The van der Waals surface area contributed by atoms with Gasteiger partial charge in [-0.25, -0.2) is 14.8 Å². The lowest BCUT2D eigenvalue weighted by Gasteiger charge is -2.24. The fraction of sp³-hybridized carbons (Fsp3) is 0.303. The molecule has 3 aromatic carbocycles. The first-order valence-electron chi connectivity index (χ1n) is 14.8. The predicted octanol–water partition coefficient (Wildman–Crippen LogP) is 5.47. The number of benzene rings is 3. The molecule has 10 heteroatoms. The zero-order valence-corrected chi connectivity index (χ0v) is 23.6. The van der Waals surface area contributed by atoms with Crippen LogP contribution in [-0.4, -0.2) is 56.0 Å². The number of nitrogens with one attached hydrogen (secondary N) is 3. The quantitative estimate of drug-likeness (QED) is 0.246. The lowest BCUT2D eigenvalue weighted by atomic mass is 9.98. The number of aromatic amines is 2. The van der Waals surface area contributed by atoms with Crippen molar-refractivity contribution >= 4 is 33.7 Å². The fourth-order valence-electron chi connectivity index (χ4n) is 6.30. The van der Waals surface area contributed by atoms with Gasteiger partial charge in [-0.1, -0.05) is 30.3 Å². The van der Waals surface area contributed by atoms with Gasteiger partial charge < -0.3 is 24.9 Å². The Balaban J connectivity index is 1.11. The van der Waals surface area contributed by atoms with Gasteiger partial charge in [0.2, 0.25) is 5.91 Å². The number of imidazole rings is 1. The van der Waals surface area contributed by atoms with Gasteiger partial charge in [0.15, 0.2) is 0 Å². The minimum atomic E-state index is -0.562. The SMILES string of the molecule is O=C(NCC(=O)N1CCC[C@H]1c1nc2cc(-c3ccc4cc(-c5cnc[nH]5)ccc4c3)ccc2c(=O)[nH]1)OC1CCCC1. The number of carbonyl (C=O) groups is 2. The number of hydrogen-bond acceptors (Lipinski definition) is 6. The van der Waals surface area contributed by atoms with Gasteiger partial charge in [0.05, 0.1) is 35.2 Å². The molecular weight excluding hydrogens is 544 g/mol. The average molecular weight is 577 g/mol. The Morgan fingerprint density at radius 2 is 1.67 bits per heavy atom. The van der Waals surface area contributed by atoms with Crippen LogP contribution in [0, 0.1) is 0 Å². The van der Waals surface area contributed by atoms with Gasteiger partial charge in [-0.05, 0) is 84.7 Å². The van der Waals surface area contributed by atoms with Gasteiger partial charge in [0.25, 0.3) is 5.56 Å². The van der Waals surface area contributed by atoms with Crippen LogP contribution in [0.15, 0.2) is 71.9 Å². The molecule has 1 atom stereocenters. The lowest BCUT2D eigenvalue weighted by molar-refractivity contribution is -0.131. The summed E-state index contributed by atoms with van der Waals surface area (Å²) in [6.45, 7) is 0.374. The summed E-state index contributed by atoms with van der Waals surface area (Å²) in [5.74, 6) is 0.230. The minimum absolute atomic E-state index is 0.0681. The number of nitrogens with zero attached hydrogens (tertiary/aromatic N) is 3. The van der Waals surface area contributed by atoms with Crippen LogP contribution in [-0.2, 0) is 9.53 Å². The van der Waals surface area contributed by atoms with E-state index in [1.54, 1.807) is 23.5 Å². The lowest BCUT2D eigenvalue weighted by Crippen LogP contribution is -2.41. The van der Waals surface area contributed by atoms with E-state index in [0.29, 0.717) is 29.7 Å². The third-order valence-corrected chi connectivity index (χ3v) is 8.56. The molecule has 2 amide bonds. The van der Waals surface area contributed by atoms with Crippen LogP contribution in [0.25, 0.3) is 44.1 Å². The minimum Gasteiger partial charge on any atom is -0.446 e. The van der Waals surface area contributed by atoms with E-state index >= 15 is 0 Å². The number of amides is 2. The maximum Gasteiger partial charge on any atom is 0.407 e. The van der Waals surface area contributed by atoms with Crippen LogP contribution < -0.4 is 10.9 Å². The number of likely N-dealkylation sites (tertiary alicyclic amines) is 1. The first-order chi connectivity index (χ1) is 21.0. The van der Waals surface area contributed by atoms with Gasteiger partial charge >= 0.3 is 6.09 Å².